The van der Waals surface area contributed by atoms with Crippen LogP contribution >= 0.6 is 0 Å². The molecule has 0 aromatic heterocycles. The van der Waals surface area contributed by atoms with Gasteiger partial charge in [0, 0.05) is 12.5 Å². The van der Waals surface area contributed by atoms with Crippen LogP contribution in [-0.2, 0) is 0 Å². The monoisotopic (exact) mass is 282 g/mol. The van der Waals surface area contributed by atoms with Gasteiger partial charge in [-0.2, -0.15) is 0 Å². The van der Waals surface area contributed by atoms with Gasteiger partial charge in [0.15, 0.2) is 0 Å². The van der Waals surface area contributed by atoms with Crippen molar-refractivity contribution in [2.45, 2.75) is 78.4 Å². The molecule has 0 heterocycles. The highest BCUT2D eigenvalue weighted by molar-refractivity contribution is 6.90. The molecule has 0 bridgehead atoms. The third kappa shape index (κ3) is 4.65. The van der Waals surface area contributed by atoms with Crippen LogP contribution in [0.3, 0.4) is 0 Å². The largest absolute Gasteiger partial charge is 0.396 e. The van der Waals surface area contributed by atoms with E-state index in [9.17, 15) is 5.11 Å². The molecule has 0 aromatic rings. The van der Waals surface area contributed by atoms with Crippen LogP contribution in [0.25, 0.3) is 0 Å². The maximum atomic E-state index is 9.19. The Hall–Kier alpha value is -0.263. The van der Waals surface area contributed by atoms with Crippen molar-refractivity contribution < 1.29 is 5.11 Å². The van der Waals surface area contributed by atoms with Crippen LogP contribution in [0.1, 0.15) is 61.8 Å². The number of aliphatic hydroxyl groups excluding tert-OH is 1. The molecule has 1 atom stereocenters. The molecule has 1 nitrogen and oxygen atoms in total. The number of hydrogen-bond acceptors (Lipinski definition) is 1. The van der Waals surface area contributed by atoms with Crippen molar-refractivity contribution in [3.8, 4) is 11.5 Å². The predicted molar refractivity (Wildman–Crippen MR) is 88.9 cm³/mol. The molecule has 2 heteroatoms. The quantitative estimate of drug-likeness (QED) is 0.545. The van der Waals surface area contributed by atoms with Gasteiger partial charge in [0.2, 0.25) is 0 Å². The van der Waals surface area contributed by atoms with Gasteiger partial charge in [-0.1, -0.05) is 55.4 Å². The van der Waals surface area contributed by atoms with Crippen molar-refractivity contribution in [2.75, 3.05) is 6.61 Å². The van der Waals surface area contributed by atoms with Crippen LogP contribution in [0.5, 0.6) is 0 Å². The van der Waals surface area contributed by atoms with E-state index in [-0.39, 0.29) is 6.61 Å². The third-order valence-electron chi connectivity index (χ3n) is 4.58. The lowest BCUT2D eigenvalue weighted by Crippen LogP contribution is -2.43. The minimum atomic E-state index is -1.61. The van der Waals surface area contributed by atoms with E-state index >= 15 is 0 Å². The van der Waals surface area contributed by atoms with Gasteiger partial charge >= 0.3 is 0 Å². The van der Waals surface area contributed by atoms with Crippen LogP contribution in [0.2, 0.25) is 16.6 Å². The summed E-state index contributed by atoms with van der Waals surface area (Å²) >= 11 is 0. The fraction of sp³-hybridized carbons (Fsp3) is 0.882. The first-order chi connectivity index (χ1) is 8.70. The highest BCUT2D eigenvalue weighted by Gasteiger charge is 2.41. The lowest BCUT2D eigenvalue weighted by atomic mass is 9.94. The Balaban J connectivity index is 5.44. The van der Waals surface area contributed by atoms with Crippen molar-refractivity contribution in [3.63, 3.8) is 0 Å². The first kappa shape index (κ1) is 18.7. The molecule has 112 valence electrons. The molecule has 0 saturated heterocycles. The Kier molecular flexibility index (Phi) is 8.01. The maximum Gasteiger partial charge on any atom is 0.145 e. The zero-order chi connectivity index (χ0) is 15.2. The first-order valence-electron chi connectivity index (χ1n) is 7.83. The minimum absolute atomic E-state index is 0.247. The average Bonchev–Trinajstić information content (AvgIpc) is 2.26. The highest BCUT2D eigenvalue weighted by atomic mass is 28.3. The second-order valence-corrected chi connectivity index (χ2v) is 12.6. The van der Waals surface area contributed by atoms with E-state index in [1.807, 2.05) is 0 Å². The smallest absolute Gasteiger partial charge is 0.145 e. The van der Waals surface area contributed by atoms with E-state index in [4.69, 9.17) is 0 Å². The summed E-state index contributed by atoms with van der Waals surface area (Å²) in [6.45, 7) is 18.7. The van der Waals surface area contributed by atoms with Gasteiger partial charge in [-0.3, -0.25) is 0 Å². The van der Waals surface area contributed by atoms with Crippen molar-refractivity contribution in [1.29, 1.82) is 0 Å². The molecule has 0 amide bonds. The summed E-state index contributed by atoms with van der Waals surface area (Å²) in [4.78, 5) is 0. The number of hydrogen-bond donors (Lipinski definition) is 1. The van der Waals surface area contributed by atoms with Gasteiger partial charge in [0.25, 0.3) is 0 Å². The Morgan fingerprint density at radius 3 is 1.53 bits per heavy atom. The van der Waals surface area contributed by atoms with Gasteiger partial charge in [-0.25, -0.2) is 0 Å². The van der Waals surface area contributed by atoms with Crippen LogP contribution in [0.4, 0.5) is 0 Å². The summed E-state index contributed by atoms with van der Waals surface area (Å²) in [6, 6.07) is 0. The number of aliphatic hydroxyl groups is 1. The molecule has 0 spiro atoms. The summed E-state index contributed by atoms with van der Waals surface area (Å²) in [5, 5.41) is 9.19. The van der Waals surface area contributed by atoms with Gasteiger partial charge < -0.3 is 5.11 Å². The molecule has 0 saturated carbocycles. The molecule has 19 heavy (non-hydrogen) atoms. The van der Waals surface area contributed by atoms with Gasteiger partial charge in [0.1, 0.15) is 8.07 Å². The van der Waals surface area contributed by atoms with Crippen molar-refractivity contribution in [1.82, 2.24) is 0 Å². The van der Waals surface area contributed by atoms with Crippen LogP contribution in [0.15, 0.2) is 0 Å². The molecule has 0 rings (SSSR count). The fourth-order valence-electron chi connectivity index (χ4n) is 3.36. The van der Waals surface area contributed by atoms with Crippen molar-refractivity contribution in [3.05, 3.63) is 0 Å². The van der Waals surface area contributed by atoms with Gasteiger partial charge in [0.05, 0.1) is 0 Å². The molecule has 0 unspecified atom stereocenters. The lowest BCUT2D eigenvalue weighted by Gasteiger charge is -2.38. The SMILES string of the molecule is CC(C)[C@@H](C#C[Si](C(C)C)(C(C)C)C(C)C)CCO. The lowest BCUT2D eigenvalue weighted by molar-refractivity contribution is 0.256. The second kappa shape index (κ2) is 8.12. The summed E-state index contributed by atoms with van der Waals surface area (Å²) < 4.78 is 0. The standard InChI is InChI=1S/C17H34OSi/c1-13(2)17(9-11-18)10-12-19(14(3)4,15(5)6)16(7)8/h13-18H,9,11H2,1-8H3/t17-/m1/s1. The normalized spacial score (nSPS) is 14.2. The van der Waals surface area contributed by atoms with E-state index in [0.717, 1.165) is 6.42 Å². The minimum Gasteiger partial charge on any atom is -0.396 e. The summed E-state index contributed by atoms with van der Waals surface area (Å²) in [7, 11) is -1.61. The molecular formula is C17H34OSi. The molecule has 0 aliphatic rings. The Labute approximate surface area is 122 Å². The number of rotatable bonds is 6. The highest BCUT2D eigenvalue weighted by Crippen LogP contribution is 2.40. The first-order valence-corrected chi connectivity index (χ1v) is 10.1. The Morgan fingerprint density at radius 1 is 0.842 bits per heavy atom. The van der Waals surface area contributed by atoms with E-state index < -0.39 is 8.07 Å². The summed E-state index contributed by atoms with van der Waals surface area (Å²) in [6.07, 6.45) is 0.809. The van der Waals surface area contributed by atoms with E-state index in [1.165, 1.54) is 0 Å². The predicted octanol–water partition coefficient (Wildman–Crippen LogP) is 4.86. The molecule has 0 fully saturated rings. The second-order valence-electron chi connectivity index (χ2n) is 7.03. The molecule has 1 N–H and O–H groups in total. The maximum absolute atomic E-state index is 9.19. The average molecular weight is 283 g/mol. The van der Waals surface area contributed by atoms with E-state index in [2.05, 4.69) is 66.9 Å². The van der Waals surface area contributed by atoms with Crippen molar-refractivity contribution >= 4 is 8.07 Å². The summed E-state index contributed by atoms with van der Waals surface area (Å²) in [5.74, 6) is 4.42. The summed E-state index contributed by atoms with van der Waals surface area (Å²) in [5.41, 5.74) is 5.82. The molecule has 0 radical (unpaired) electrons. The van der Waals surface area contributed by atoms with Crippen LogP contribution in [-0.4, -0.2) is 19.8 Å². The molecule has 0 aromatic carbocycles. The Morgan fingerprint density at radius 2 is 1.26 bits per heavy atom. The van der Waals surface area contributed by atoms with Crippen molar-refractivity contribution in [2.24, 2.45) is 11.8 Å². The molecule has 0 aliphatic heterocycles. The van der Waals surface area contributed by atoms with E-state index in [0.29, 0.717) is 28.5 Å². The zero-order valence-corrected chi connectivity index (χ0v) is 15.2. The van der Waals surface area contributed by atoms with Gasteiger partial charge in [-0.05, 0) is 29.0 Å². The molecule has 0 aliphatic carbocycles. The van der Waals surface area contributed by atoms with Crippen LogP contribution < -0.4 is 0 Å². The fourth-order valence-corrected chi connectivity index (χ4v) is 8.66. The topological polar surface area (TPSA) is 20.2 Å². The Bertz CT molecular complexity index is 285. The van der Waals surface area contributed by atoms with E-state index in [1.54, 1.807) is 0 Å². The zero-order valence-electron chi connectivity index (χ0n) is 14.2. The molecular weight excluding hydrogens is 248 g/mol. The third-order valence-corrected chi connectivity index (χ3v) is 10.9. The van der Waals surface area contributed by atoms with Crippen LogP contribution in [0, 0.1) is 23.3 Å². The van der Waals surface area contributed by atoms with Gasteiger partial charge in [-0.15, -0.1) is 11.5 Å².